The summed E-state index contributed by atoms with van der Waals surface area (Å²) in [6.45, 7) is 10.3. The molecular weight excluding hydrogens is 200 g/mol. The second-order valence-electron chi connectivity index (χ2n) is 5.15. The van der Waals surface area contributed by atoms with Crippen LogP contribution in [0.1, 0.15) is 46.5 Å². The third-order valence-corrected chi connectivity index (χ3v) is 3.46. The number of hydrogen-bond donors (Lipinski definition) is 1. The first kappa shape index (κ1) is 13.0. The van der Waals surface area contributed by atoms with Crippen LogP contribution >= 0.6 is 0 Å². The van der Waals surface area contributed by atoms with Gasteiger partial charge in [-0.15, -0.1) is 0 Å². The zero-order chi connectivity index (χ0) is 12.3. The van der Waals surface area contributed by atoms with Crippen molar-refractivity contribution in [1.29, 1.82) is 0 Å². The molecule has 0 aliphatic heterocycles. The van der Waals surface area contributed by atoms with E-state index in [1.165, 1.54) is 16.7 Å². The molecule has 0 radical (unpaired) electrons. The fourth-order valence-corrected chi connectivity index (χ4v) is 2.60. The fraction of sp³-hybridized carbons (Fsp3) is 0.643. The van der Waals surface area contributed by atoms with Crippen molar-refractivity contribution in [2.75, 3.05) is 0 Å². The van der Waals surface area contributed by atoms with Gasteiger partial charge in [0.15, 0.2) is 0 Å². The highest BCUT2D eigenvalue weighted by Gasteiger charge is 2.25. The highest BCUT2D eigenvalue weighted by atomic mass is 16.4. The molecule has 0 aromatic heterocycles. The SMILES string of the molecule is C=C(C)C1CCC(C)=C1CC(C)CC(=O)O. The van der Waals surface area contributed by atoms with Crippen LogP contribution in [0.3, 0.4) is 0 Å². The van der Waals surface area contributed by atoms with E-state index in [0.29, 0.717) is 5.92 Å². The molecular formula is C14H22O2. The van der Waals surface area contributed by atoms with Crippen LogP contribution < -0.4 is 0 Å². The number of aliphatic carboxylic acids is 1. The van der Waals surface area contributed by atoms with Crippen LogP contribution in [0.25, 0.3) is 0 Å². The standard InChI is InChI=1S/C14H22O2/c1-9(2)12-6-5-11(4)13(12)7-10(3)8-14(15)16/h10,12H,1,5-8H2,2-4H3,(H,15,16). The van der Waals surface area contributed by atoms with E-state index in [9.17, 15) is 4.79 Å². The smallest absolute Gasteiger partial charge is 0.303 e. The van der Waals surface area contributed by atoms with Gasteiger partial charge in [0.1, 0.15) is 0 Å². The molecule has 0 aromatic rings. The van der Waals surface area contributed by atoms with Crippen LogP contribution in [0, 0.1) is 11.8 Å². The molecule has 1 N–H and O–H groups in total. The summed E-state index contributed by atoms with van der Waals surface area (Å²) in [5.41, 5.74) is 4.11. The predicted octanol–water partition coefficient (Wildman–Crippen LogP) is 3.79. The van der Waals surface area contributed by atoms with Gasteiger partial charge < -0.3 is 5.11 Å². The molecule has 0 fully saturated rings. The maximum Gasteiger partial charge on any atom is 0.303 e. The zero-order valence-corrected chi connectivity index (χ0v) is 10.5. The molecule has 2 unspecified atom stereocenters. The molecule has 0 saturated heterocycles. The van der Waals surface area contributed by atoms with Crippen molar-refractivity contribution in [2.24, 2.45) is 11.8 Å². The highest BCUT2D eigenvalue weighted by molar-refractivity contribution is 5.67. The van der Waals surface area contributed by atoms with E-state index in [4.69, 9.17) is 5.11 Å². The first-order valence-corrected chi connectivity index (χ1v) is 5.97. The van der Waals surface area contributed by atoms with Crippen molar-refractivity contribution in [3.63, 3.8) is 0 Å². The molecule has 16 heavy (non-hydrogen) atoms. The lowest BCUT2D eigenvalue weighted by Crippen LogP contribution is -2.09. The van der Waals surface area contributed by atoms with E-state index in [1.54, 1.807) is 0 Å². The monoisotopic (exact) mass is 222 g/mol. The minimum Gasteiger partial charge on any atom is -0.481 e. The second-order valence-corrected chi connectivity index (χ2v) is 5.15. The quantitative estimate of drug-likeness (QED) is 0.718. The number of carboxylic acids is 1. The Bertz CT molecular complexity index is 326. The van der Waals surface area contributed by atoms with E-state index in [2.05, 4.69) is 20.4 Å². The lowest BCUT2D eigenvalue weighted by atomic mass is 9.87. The van der Waals surface area contributed by atoms with Gasteiger partial charge in [-0.2, -0.15) is 0 Å². The first-order chi connectivity index (χ1) is 7.41. The van der Waals surface area contributed by atoms with Crippen LogP contribution in [-0.2, 0) is 4.79 Å². The van der Waals surface area contributed by atoms with Crippen LogP contribution in [-0.4, -0.2) is 11.1 Å². The second kappa shape index (κ2) is 5.33. The number of hydrogen-bond acceptors (Lipinski definition) is 1. The summed E-state index contributed by atoms with van der Waals surface area (Å²) < 4.78 is 0. The van der Waals surface area contributed by atoms with Gasteiger partial charge in [-0.1, -0.05) is 30.2 Å². The molecule has 0 amide bonds. The summed E-state index contributed by atoms with van der Waals surface area (Å²) in [5, 5.41) is 8.77. The molecule has 1 aliphatic rings. The molecule has 1 rings (SSSR count). The Hall–Kier alpha value is -1.05. The molecule has 0 saturated carbocycles. The van der Waals surface area contributed by atoms with Gasteiger partial charge in [-0.25, -0.2) is 0 Å². The molecule has 0 aromatic carbocycles. The van der Waals surface area contributed by atoms with Crippen molar-refractivity contribution in [2.45, 2.75) is 46.5 Å². The van der Waals surface area contributed by atoms with Crippen molar-refractivity contribution >= 4 is 5.97 Å². The number of carbonyl (C=O) groups is 1. The number of allylic oxidation sites excluding steroid dienone is 3. The lowest BCUT2D eigenvalue weighted by molar-refractivity contribution is -0.137. The Morgan fingerprint density at radius 3 is 2.75 bits per heavy atom. The van der Waals surface area contributed by atoms with E-state index in [-0.39, 0.29) is 12.3 Å². The van der Waals surface area contributed by atoms with Crippen molar-refractivity contribution in [3.8, 4) is 0 Å². The van der Waals surface area contributed by atoms with Crippen LogP contribution in [0.15, 0.2) is 23.3 Å². The first-order valence-electron chi connectivity index (χ1n) is 5.97. The van der Waals surface area contributed by atoms with E-state index in [1.807, 2.05) is 6.92 Å². The van der Waals surface area contributed by atoms with Crippen LogP contribution in [0.4, 0.5) is 0 Å². The van der Waals surface area contributed by atoms with Crippen molar-refractivity contribution < 1.29 is 9.90 Å². The van der Waals surface area contributed by atoms with E-state index < -0.39 is 5.97 Å². The molecule has 2 heteroatoms. The minimum absolute atomic E-state index is 0.224. The third kappa shape index (κ3) is 3.22. The normalized spacial score (nSPS) is 22.3. The molecule has 1 aliphatic carbocycles. The molecule has 2 atom stereocenters. The third-order valence-electron chi connectivity index (χ3n) is 3.46. The Kier molecular flexibility index (Phi) is 4.34. The van der Waals surface area contributed by atoms with Crippen molar-refractivity contribution in [3.05, 3.63) is 23.3 Å². The predicted molar refractivity (Wildman–Crippen MR) is 66.3 cm³/mol. The van der Waals surface area contributed by atoms with E-state index >= 15 is 0 Å². The van der Waals surface area contributed by atoms with Gasteiger partial charge in [0.2, 0.25) is 0 Å². The molecule has 2 nitrogen and oxygen atoms in total. The summed E-state index contributed by atoms with van der Waals surface area (Å²) in [6, 6.07) is 0. The zero-order valence-electron chi connectivity index (χ0n) is 10.5. The number of carboxylic acid groups (broad SMARTS) is 1. The molecule has 0 bridgehead atoms. The molecule has 90 valence electrons. The van der Waals surface area contributed by atoms with Gasteiger partial charge in [0.05, 0.1) is 0 Å². The topological polar surface area (TPSA) is 37.3 Å². The Morgan fingerprint density at radius 2 is 2.25 bits per heavy atom. The summed E-state index contributed by atoms with van der Waals surface area (Å²) in [6.07, 6.45) is 3.48. The largest absolute Gasteiger partial charge is 0.481 e. The van der Waals surface area contributed by atoms with Gasteiger partial charge in [0.25, 0.3) is 0 Å². The van der Waals surface area contributed by atoms with Crippen LogP contribution in [0.5, 0.6) is 0 Å². The summed E-state index contributed by atoms with van der Waals surface area (Å²) in [4.78, 5) is 10.6. The Morgan fingerprint density at radius 1 is 1.62 bits per heavy atom. The average Bonchev–Trinajstić information content (AvgIpc) is 2.46. The summed E-state index contributed by atoms with van der Waals surface area (Å²) >= 11 is 0. The Labute approximate surface area is 98.1 Å². The fourth-order valence-electron chi connectivity index (χ4n) is 2.60. The van der Waals surface area contributed by atoms with Crippen LogP contribution in [0.2, 0.25) is 0 Å². The number of rotatable bonds is 5. The Balaban J connectivity index is 2.67. The summed E-state index contributed by atoms with van der Waals surface area (Å²) in [5.74, 6) is 0.0225. The lowest BCUT2D eigenvalue weighted by Gasteiger charge is -2.18. The minimum atomic E-state index is -0.698. The average molecular weight is 222 g/mol. The highest BCUT2D eigenvalue weighted by Crippen LogP contribution is 2.39. The van der Waals surface area contributed by atoms with Gasteiger partial charge in [-0.05, 0) is 39.0 Å². The van der Waals surface area contributed by atoms with Gasteiger partial charge in [-0.3, -0.25) is 4.79 Å². The van der Waals surface area contributed by atoms with Gasteiger partial charge >= 0.3 is 5.97 Å². The van der Waals surface area contributed by atoms with Crippen molar-refractivity contribution in [1.82, 2.24) is 0 Å². The molecule has 0 spiro atoms. The maximum absolute atomic E-state index is 10.6. The van der Waals surface area contributed by atoms with E-state index in [0.717, 1.165) is 19.3 Å². The van der Waals surface area contributed by atoms with Gasteiger partial charge in [0, 0.05) is 12.3 Å². The molecule has 0 heterocycles. The maximum atomic E-state index is 10.6. The summed E-state index contributed by atoms with van der Waals surface area (Å²) in [7, 11) is 0.